The van der Waals surface area contributed by atoms with Gasteiger partial charge in [0.1, 0.15) is 22.0 Å². The van der Waals surface area contributed by atoms with Crippen LogP contribution in [0.4, 0.5) is 34.5 Å². The molecular weight excluding hydrogens is 614 g/mol. The number of nitrogens with zero attached hydrogens (tertiary/aromatic N) is 7. The van der Waals surface area contributed by atoms with Crippen molar-refractivity contribution in [3.05, 3.63) is 53.4 Å². The van der Waals surface area contributed by atoms with Gasteiger partial charge in [0.15, 0.2) is 5.82 Å². The van der Waals surface area contributed by atoms with Gasteiger partial charge in [-0.25, -0.2) is 13.4 Å². The van der Waals surface area contributed by atoms with E-state index < -0.39 is 10.0 Å². The molecule has 1 saturated carbocycles. The van der Waals surface area contributed by atoms with Crippen molar-refractivity contribution in [1.82, 2.24) is 24.8 Å². The molecule has 2 aromatic carbocycles. The smallest absolute Gasteiger partial charge is 0.232 e. The summed E-state index contributed by atoms with van der Waals surface area (Å²) in [6, 6.07) is 8.10. The highest BCUT2D eigenvalue weighted by molar-refractivity contribution is 7.92. The summed E-state index contributed by atoms with van der Waals surface area (Å²) in [5.41, 5.74) is 4.92. The topological polar surface area (TPSA) is 129 Å². The van der Waals surface area contributed by atoms with Crippen LogP contribution in [-0.2, 0) is 10.0 Å². The van der Waals surface area contributed by atoms with Gasteiger partial charge in [-0.05, 0) is 70.5 Å². The number of rotatable bonds is 10. The molecule has 1 saturated heterocycles. The second-order valence-corrected chi connectivity index (χ2v) is 14.1. The average Bonchev–Trinajstić information content (AvgIpc) is 3.84. The monoisotopic (exact) mass is 651 g/mol. The molecule has 0 radical (unpaired) electrons. The van der Waals surface area contributed by atoms with Crippen LogP contribution in [-0.4, -0.2) is 85.9 Å². The molecule has 0 spiro atoms. The van der Waals surface area contributed by atoms with E-state index in [4.69, 9.17) is 16.3 Å². The maximum Gasteiger partial charge on any atom is 0.232 e. The first-order chi connectivity index (χ1) is 21.5. The highest BCUT2D eigenvalue weighted by Gasteiger charge is 2.38. The second kappa shape index (κ2) is 12.5. The fourth-order valence-corrected chi connectivity index (χ4v) is 7.35. The number of piperidine rings is 1. The van der Waals surface area contributed by atoms with Crippen LogP contribution < -0.4 is 24.6 Å². The summed E-state index contributed by atoms with van der Waals surface area (Å²) < 4.78 is 33.2. The normalized spacial score (nSPS) is 15.8. The quantitative estimate of drug-likeness (QED) is 0.231. The van der Waals surface area contributed by atoms with Gasteiger partial charge < -0.3 is 25.2 Å². The van der Waals surface area contributed by atoms with E-state index >= 15 is 0 Å². The maximum atomic E-state index is 13.0. The summed E-state index contributed by atoms with van der Waals surface area (Å²) in [6.45, 7) is 4.05. The van der Waals surface area contributed by atoms with E-state index in [1.807, 2.05) is 6.07 Å². The molecule has 2 fully saturated rings. The Hall–Kier alpha value is -3.94. The van der Waals surface area contributed by atoms with E-state index in [-0.39, 0.29) is 11.1 Å². The maximum absolute atomic E-state index is 13.0. The minimum atomic E-state index is -3.62. The van der Waals surface area contributed by atoms with Crippen molar-refractivity contribution in [3.8, 4) is 5.75 Å². The predicted molar refractivity (Wildman–Crippen MR) is 180 cm³/mol. The fraction of sp³-hybridized carbons (Fsp3) is 0.419. The van der Waals surface area contributed by atoms with Crippen LogP contribution in [0.2, 0.25) is 5.02 Å². The number of anilines is 6. The zero-order valence-corrected chi connectivity index (χ0v) is 27.7. The Balaban J connectivity index is 1.30. The van der Waals surface area contributed by atoms with Gasteiger partial charge in [-0.15, -0.1) is 0 Å². The lowest BCUT2D eigenvalue weighted by Gasteiger charge is -2.37. The van der Waals surface area contributed by atoms with E-state index in [0.717, 1.165) is 50.0 Å². The van der Waals surface area contributed by atoms with Crippen LogP contribution >= 0.6 is 11.6 Å². The van der Waals surface area contributed by atoms with Crippen LogP contribution in [0.1, 0.15) is 31.2 Å². The van der Waals surface area contributed by atoms with E-state index in [2.05, 4.69) is 67.5 Å². The highest BCUT2D eigenvalue weighted by atomic mass is 35.5. The molecule has 45 heavy (non-hydrogen) atoms. The second-order valence-electron chi connectivity index (χ2n) is 11.8. The van der Waals surface area contributed by atoms with Gasteiger partial charge in [-0.3, -0.25) is 14.3 Å². The number of sulfonamides is 1. The number of nitrogens with one attached hydrogen (secondary N) is 2. The fourth-order valence-electron chi connectivity index (χ4n) is 5.94. The lowest BCUT2D eigenvalue weighted by molar-refractivity contribution is 0.249. The predicted octanol–water partition coefficient (Wildman–Crippen LogP) is 5.34. The molecule has 4 aromatic rings. The van der Waals surface area contributed by atoms with Gasteiger partial charge in [0, 0.05) is 49.3 Å². The van der Waals surface area contributed by atoms with Gasteiger partial charge in [0.05, 0.1) is 36.5 Å². The van der Waals surface area contributed by atoms with Crippen LogP contribution in [0.15, 0.2) is 42.9 Å². The molecule has 14 heteroatoms. The van der Waals surface area contributed by atoms with Crippen LogP contribution in [0, 0.1) is 6.92 Å². The number of benzene rings is 2. The Morgan fingerprint density at radius 3 is 2.38 bits per heavy atom. The zero-order valence-electron chi connectivity index (χ0n) is 26.1. The van der Waals surface area contributed by atoms with Crippen molar-refractivity contribution in [2.45, 2.75) is 44.7 Å². The zero-order chi connectivity index (χ0) is 31.9. The summed E-state index contributed by atoms with van der Waals surface area (Å²) in [4.78, 5) is 22.7. The average molecular weight is 652 g/mol. The van der Waals surface area contributed by atoms with Crippen molar-refractivity contribution in [2.75, 3.05) is 60.4 Å². The van der Waals surface area contributed by atoms with Gasteiger partial charge in [0.2, 0.25) is 16.0 Å². The van der Waals surface area contributed by atoms with Crippen LogP contribution in [0.5, 0.6) is 5.75 Å². The van der Waals surface area contributed by atoms with Crippen LogP contribution in [0.3, 0.4) is 0 Å². The van der Waals surface area contributed by atoms with E-state index in [0.29, 0.717) is 51.7 Å². The number of hydrogen-bond acceptors (Lipinski definition) is 11. The molecule has 12 nitrogen and oxygen atoms in total. The summed E-state index contributed by atoms with van der Waals surface area (Å²) in [6.07, 6.45) is 9.58. The molecular formula is C31H38ClN9O3S. The number of halogens is 1. The molecule has 2 N–H and O–H groups in total. The molecule has 0 amide bonds. The molecule has 6 rings (SSSR count). The first-order valence-electron chi connectivity index (χ1n) is 14.9. The SMILES string of the molecule is COc1cc(N2CCC(N(C)C)CC2)c(C)cc1Nc1ncc(Cl)c(Nc2ccc3nccnc3c2N(C2CC2)S(C)(=O)=O)n1. The van der Waals surface area contributed by atoms with Crippen molar-refractivity contribution < 1.29 is 13.2 Å². The molecule has 2 aromatic heterocycles. The number of methoxy groups -OCH3 is 1. The van der Waals surface area contributed by atoms with E-state index in [9.17, 15) is 8.42 Å². The van der Waals surface area contributed by atoms with Gasteiger partial charge in [-0.1, -0.05) is 11.6 Å². The van der Waals surface area contributed by atoms with Gasteiger partial charge in [0.25, 0.3) is 0 Å². The van der Waals surface area contributed by atoms with Crippen molar-refractivity contribution in [2.24, 2.45) is 0 Å². The third kappa shape index (κ3) is 6.56. The summed E-state index contributed by atoms with van der Waals surface area (Å²) >= 11 is 6.58. The van der Waals surface area contributed by atoms with Crippen molar-refractivity contribution in [1.29, 1.82) is 0 Å². The minimum Gasteiger partial charge on any atom is -0.494 e. The van der Waals surface area contributed by atoms with Crippen molar-refractivity contribution in [3.63, 3.8) is 0 Å². The molecule has 1 aliphatic carbocycles. The Morgan fingerprint density at radius 1 is 0.978 bits per heavy atom. The summed E-state index contributed by atoms with van der Waals surface area (Å²) in [5, 5.41) is 6.82. The third-order valence-electron chi connectivity index (χ3n) is 8.37. The largest absolute Gasteiger partial charge is 0.494 e. The van der Waals surface area contributed by atoms with Gasteiger partial charge in [-0.2, -0.15) is 4.98 Å². The molecule has 2 aliphatic rings. The lowest BCUT2D eigenvalue weighted by atomic mass is 10.0. The molecule has 0 atom stereocenters. The summed E-state index contributed by atoms with van der Waals surface area (Å²) in [5.74, 6) is 1.27. The third-order valence-corrected chi connectivity index (χ3v) is 9.84. The first-order valence-corrected chi connectivity index (χ1v) is 17.2. The van der Waals surface area contributed by atoms with Crippen molar-refractivity contribution >= 4 is 67.2 Å². The number of aryl methyl sites for hydroxylation is 1. The molecule has 0 bridgehead atoms. The lowest BCUT2D eigenvalue weighted by Crippen LogP contribution is -2.42. The Morgan fingerprint density at radius 2 is 1.71 bits per heavy atom. The minimum absolute atomic E-state index is 0.149. The Kier molecular flexibility index (Phi) is 8.59. The number of fused-ring (bicyclic) bond motifs is 1. The number of ether oxygens (including phenoxy) is 1. The highest BCUT2D eigenvalue weighted by Crippen LogP contribution is 2.43. The Labute approximate surface area is 268 Å². The molecule has 3 heterocycles. The van der Waals surface area contributed by atoms with Crippen LogP contribution in [0.25, 0.3) is 11.0 Å². The number of hydrogen-bond donors (Lipinski definition) is 2. The molecule has 0 unspecified atom stereocenters. The van der Waals surface area contributed by atoms with E-state index in [1.54, 1.807) is 31.6 Å². The van der Waals surface area contributed by atoms with E-state index in [1.165, 1.54) is 16.8 Å². The summed E-state index contributed by atoms with van der Waals surface area (Å²) in [7, 11) is 2.30. The Bertz CT molecular complexity index is 1830. The molecule has 1 aliphatic heterocycles. The molecule has 238 valence electrons. The van der Waals surface area contributed by atoms with Gasteiger partial charge >= 0.3 is 0 Å². The first kappa shape index (κ1) is 31.1. The standard InChI is InChI=1S/C31H38ClN9O3S/c1-19-16-25(27(44-4)17-26(19)40-14-10-20(11-15-40)39(2)3)37-31-35-18-22(32)30(38-31)36-24-9-8-23-28(34-13-12-33-23)29(24)41(21-6-7-21)45(5,42)43/h8-9,12-13,16-18,20-21H,6-7,10-11,14-15H2,1-5H3,(H2,35,36,37,38). The number of aromatic nitrogens is 4.